The minimum absolute atomic E-state index is 0.0880. The Kier molecular flexibility index (Phi) is 2.77. The number of amides is 3. The predicted octanol–water partition coefficient (Wildman–Crippen LogP) is -0.174. The van der Waals surface area contributed by atoms with Crippen molar-refractivity contribution < 1.29 is 14.4 Å². The highest BCUT2D eigenvalue weighted by Crippen LogP contribution is 2.31. The van der Waals surface area contributed by atoms with Gasteiger partial charge in [-0.2, -0.15) is 0 Å². The molecule has 0 bridgehead atoms. The molecule has 0 aromatic carbocycles. The zero-order chi connectivity index (χ0) is 11.7. The smallest absolute Gasteiger partial charge is 0.253 e. The summed E-state index contributed by atoms with van der Waals surface area (Å²) in [5.41, 5.74) is 0. The zero-order valence-corrected chi connectivity index (χ0v) is 9.10. The van der Waals surface area contributed by atoms with Crippen molar-refractivity contribution in [2.24, 2.45) is 5.92 Å². The standard InChI is InChI=1S/C11H14N2O3/c1-12-11(16)7-3-2-4-8(7)13-9(14)5-6-10(13)15/h5-8H,2-4H2,1H3,(H,12,16)/t7-,8-/m0/s1. The molecule has 0 saturated heterocycles. The van der Waals surface area contributed by atoms with Crippen LogP contribution in [-0.4, -0.2) is 35.7 Å². The van der Waals surface area contributed by atoms with E-state index in [9.17, 15) is 14.4 Å². The molecule has 1 aliphatic carbocycles. The first-order valence-electron chi connectivity index (χ1n) is 5.42. The first-order chi connectivity index (χ1) is 7.65. The first kappa shape index (κ1) is 10.9. The number of hydrogen-bond acceptors (Lipinski definition) is 3. The van der Waals surface area contributed by atoms with Gasteiger partial charge in [-0.05, 0) is 12.8 Å². The number of carbonyl (C=O) groups is 3. The van der Waals surface area contributed by atoms with Crippen LogP contribution in [0.5, 0.6) is 0 Å². The summed E-state index contributed by atoms with van der Waals surface area (Å²) in [5.74, 6) is -0.940. The molecule has 1 N–H and O–H groups in total. The summed E-state index contributed by atoms with van der Waals surface area (Å²) < 4.78 is 0. The van der Waals surface area contributed by atoms with Gasteiger partial charge in [0.2, 0.25) is 5.91 Å². The van der Waals surface area contributed by atoms with Crippen LogP contribution >= 0.6 is 0 Å². The van der Waals surface area contributed by atoms with Gasteiger partial charge in [0.25, 0.3) is 11.8 Å². The molecule has 5 heteroatoms. The Balaban J connectivity index is 2.17. The summed E-state index contributed by atoms with van der Waals surface area (Å²) >= 11 is 0. The fourth-order valence-corrected chi connectivity index (χ4v) is 2.48. The van der Waals surface area contributed by atoms with E-state index in [2.05, 4.69) is 5.32 Å². The average molecular weight is 222 g/mol. The maximum Gasteiger partial charge on any atom is 0.253 e. The van der Waals surface area contributed by atoms with Crippen molar-refractivity contribution in [2.45, 2.75) is 25.3 Å². The highest BCUT2D eigenvalue weighted by Gasteiger charge is 2.41. The van der Waals surface area contributed by atoms with Crippen LogP contribution < -0.4 is 5.32 Å². The van der Waals surface area contributed by atoms with Gasteiger partial charge in [0.1, 0.15) is 0 Å². The van der Waals surface area contributed by atoms with Gasteiger partial charge in [0.15, 0.2) is 0 Å². The van der Waals surface area contributed by atoms with Crippen molar-refractivity contribution in [1.82, 2.24) is 10.2 Å². The fraction of sp³-hybridized carbons (Fsp3) is 0.545. The average Bonchev–Trinajstić information content (AvgIpc) is 2.84. The van der Waals surface area contributed by atoms with E-state index in [1.165, 1.54) is 17.1 Å². The van der Waals surface area contributed by atoms with Crippen LogP contribution in [0.3, 0.4) is 0 Å². The van der Waals surface area contributed by atoms with E-state index in [4.69, 9.17) is 0 Å². The van der Waals surface area contributed by atoms with Crippen LogP contribution in [0, 0.1) is 5.92 Å². The lowest BCUT2D eigenvalue weighted by atomic mass is 10.0. The molecule has 0 unspecified atom stereocenters. The van der Waals surface area contributed by atoms with E-state index >= 15 is 0 Å². The maximum absolute atomic E-state index is 11.6. The Morgan fingerprint density at radius 3 is 2.50 bits per heavy atom. The molecule has 0 spiro atoms. The second kappa shape index (κ2) is 4.08. The molecular weight excluding hydrogens is 208 g/mol. The molecule has 1 heterocycles. The largest absolute Gasteiger partial charge is 0.359 e. The van der Waals surface area contributed by atoms with Gasteiger partial charge in [-0.1, -0.05) is 6.42 Å². The van der Waals surface area contributed by atoms with Gasteiger partial charge in [-0.15, -0.1) is 0 Å². The minimum atomic E-state index is -0.300. The van der Waals surface area contributed by atoms with Crippen molar-refractivity contribution in [3.63, 3.8) is 0 Å². The van der Waals surface area contributed by atoms with E-state index < -0.39 is 0 Å². The van der Waals surface area contributed by atoms with Gasteiger partial charge in [-0.3, -0.25) is 19.3 Å². The van der Waals surface area contributed by atoms with Gasteiger partial charge in [0, 0.05) is 19.2 Å². The zero-order valence-electron chi connectivity index (χ0n) is 9.10. The van der Waals surface area contributed by atoms with Crippen LogP contribution in [0.1, 0.15) is 19.3 Å². The van der Waals surface area contributed by atoms with Crippen molar-refractivity contribution in [2.75, 3.05) is 7.05 Å². The monoisotopic (exact) mass is 222 g/mol. The summed E-state index contributed by atoms with van der Waals surface area (Å²) in [6.07, 6.45) is 4.86. The number of rotatable bonds is 2. The highest BCUT2D eigenvalue weighted by molar-refractivity contribution is 6.13. The quantitative estimate of drug-likeness (QED) is 0.659. The lowest BCUT2D eigenvalue weighted by Crippen LogP contribution is -2.46. The van der Waals surface area contributed by atoms with Crippen molar-refractivity contribution in [3.05, 3.63) is 12.2 Å². The summed E-state index contributed by atoms with van der Waals surface area (Å²) in [5, 5.41) is 2.58. The third-order valence-corrected chi connectivity index (χ3v) is 3.24. The normalized spacial score (nSPS) is 28.9. The molecule has 3 amide bonds. The molecule has 5 nitrogen and oxygen atoms in total. The summed E-state index contributed by atoms with van der Waals surface area (Å²) in [6.45, 7) is 0. The Morgan fingerprint density at radius 1 is 1.31 bits per heavy atom. The molecule has 0 radical (unpaired) electrons. The lowest BCUT2D eigenvalue weighted by molar-refractivity contribution is -0.141. The Labute approximate surface area is 93.5 Å². The molecule has 2 aliphatic rings. The fourth-order valence-electron chi connectivity index (χ4n) is 2.48. The van der Waals surface area contributed by atoms with Gasteiger partial charge < -0.3 is 5.32 Å². The van der Waals surface area contributed by atoms with Crippen LogP contribution in [0.15, 0.2) is 12.2 Å². The van der Waals surface area contributed by atoms with Crippen LogP contribution in [0.25, 0.3) is 0 Å². The lowest BCUT2D eigenvalue weighted by Gasteiger charge is -2.26. The number of imide groups is 1. The molecule has 2 atom stereocenters. The second-order valence-electron chi connectivity index (χ2n) is 4.10. The van der Waals surface area contributed by atoms with Gasteiger partial charge in [0.05, 0.1) is 12.0 Å². The number of nitrogens with one attached hydrogen (secondary N) is 1. The Hall–Kier alpha value is -1.65. The molecule has 0 aromatic heterocycles. The summed E-state index contributed by atoms with van der Waals surface area (Å²) in [6, 6.07) is -0.269. The second-order valence-corrected chi connectivity index (χ2v) is 4.10. The third-order valence-electron chi connectivity index (χ3n) is 3.24. The number of hydrogen-bond donors (Lipinski definition) is 1. The van der Waals surface area contributed by atoms with E-state index in [-0.39, 0.29) is 29.7 Å². The molecule has 86 valence electrons. The molecule has 0 aromatic rings. The number of nitrogens with zero attached hydrogens (tertiary/aromatic N) is 1. The van der Waals surface area contributed by atoms with E-state index in [0.29, 0.717) is 0 Å². The molecule has 1 aliphatic heterocycles. The Bertz CT molecular complexity index is 357. The third kappa shape index (κ3) is 1.62. The SMILES string of the molecule is CNC(=O)[C@H]1CCC[C@@H]1N1C(=O)C=CC1=O. The van der Waals surface area contributed by atoms with Crippen LogP contribution in [0.4, 0.5) is 0 Å². The topological polar surface area (TPSA) is 66.5 Å². The van der Waals surface area contributed by atoms with Crippen LogP contribution in [0.2, 0.25) is 0 Å². The molecule has 16 heavy (non-hydrogen) atoms. The first-order valence-corrected chi connectivity index (χ1v) is 5.42. The summed E-state index contributed by atoms with van der Waals surface area (Å²) in [4.78, 5) is 35.9. The maximum atomic E-state index is 11.6. The predicted molar refractivity (Wildman–Crippen MR) is 56.2 cm³/mol. The molecular formula is C11H14N2O3. The molecule has 2 rings (SSSR count). The van der Waals surface area contributed by atoms with Crippen molar-refractivity contribution in [1.29, 1.82) is 0 Å². The van der Waals surface area contributed by atoms with E-state index in [1.807, 2.05) is 0 Å². The molecule has 1 fully saturated rings. The van der Waals surface area contributed by atoms with Crippen molar-refractivity contribution >= 4 is 17.7 Å². The number of carbonyl (C=O) groups excluding carboxylic acids is 3. The van der Waals surface area contributed by atoms with Crippen molar-refractivity contribution in [3.8, 4) is 0 Å². The van der Waals surface area contributed by atoms with E-state index in [1.54, 1.807) is 7.05 Å². The minimum Gasteiger partial charge on any atom is -0.359 e. The molecule has 1 saturated carbocycles. The van der Waals surface area contributed by atoms with E-state index in [0.717, 1.165) is 19.3 Å². The highest BCUT2D eigenvalue weighted by atomic mass is 16.2. The van der Waals surface area contributed by atoms with Crippen LogP contribution in [-0.2, 0) is 14.4 Å². The van der Waals surface area contributed by atoms with Gasteiger partial charge in [-0.25, -0.2) is 0 Å². The summed E-state index contributed by atoms with van der Waals surface area (Å²) in [7, 11) is 1.57. The van der Waals surface area contributed by atoms with Gasteiger partial charge >= 0.3 is 0 Å². The Morgan fingerprint density at radius 2 is 1.94 bits per heavy atom.